The van der Waals surface area contributed by atoms with E-state index in [-0.39, 0.29) is 30.4 Å². The smallest absolute Gasteiger partial charge is 0.274 e. The van der Waals surface area contributed by atoms with Gasteiger partial charge in [-0.15, -0.1) is 0 Å². The number of nitrogens with one attached hydrogen (secondary N) is 1. The molecule has 2 N–H and O–H groups in total. The first-order chi connectivity index (χ1) is 9.56. The number of carbonyl (C=O) groups excluding carboxylic acids is 1. The van der Waals surface area contributed by atoms with Crippen LogP contribution in [0.1, 0.15) is 30.4 Å². The van der Waals surface area contributed by atoms with E-state index in [4.69, 9.17) is 5.11 Å². The van der Waals surface area contributed by atoms with Gasteiger partial charge in [0.25, 0.3) is 11.5 Å². The molecule has 20 heavy (non-hydrogen) atoms. The van der Waals surface area contributed by atoms with Crippen LogP contribution in [-0.4, -0.2) is 33.9 Å². The van der Waals surface area contributed by atoms with Crippen molar-refractivity contribution >= 4 is 16.7 Å². The zero-order valence-electron chi connectivity index (χ0n) is 11.5. The minimum Gasteiger partial charge on any atom is -0.395 e. The van der Waals surface area contributed by atoms with Crippen LogP contribution in [0.3, 0.4) is 0 Å². The second-order valence-corrected chi connectivity index (χ2v) is 4.72. The number of hydrogen-bond donors (Lipinski definition) is 2. The van der Waals surface area contributed by atoms with Crippen molar-refractivity contribution < 1.29 is 9.90 Å². The van der Waals surface area contributed by atoms with Crippen LogP contribution in [0.15, 0.2) is 29.1 Å². The summed E-state index contributed by atoms with van der Waals surface area (Å²) in [5, 5.41) is 16.5. The highest BCUT2D eigenvalue weighted by Crippen LogP contribution is 2.14. The molecule has 1 amide bonds. The van der Waals surface area contributed by atoms with E-state index < -0.39 is 5.91 Å². The molecule has 0 aliphatic carbocycles. The van der Waals surface area contributed by atoms with Gasteiger partial charge < -0.3 is 10.4 Å². The maximum atomic E-state index is 12.3. The van der Waals surface area contributed by atoms with Crippen LogP contribution in [-0.2, 0) is 0 Å². The van der Waals surface area contributed by atoms with Crippen molar-refractivity contribution in [3.05, 3.63) is 40.3 Å². The lowest BCUT2D eigenvalue weighted by Gasteiger charge is -2.13. The Bertz CT molecular complexity index is 692. The Labute approximate surface area is 116 Å². The van der Waals surface area contributed by atoms with Gasteiger partial charge in [-0.1, -0.05) is 18.2 Å². The third kappa shape index (κ3) is 2.55. The summed E-state index contributed by atoms with van der Waals surface area (Å²) in [4.78, 5) is 24.4. The molecular weight excluding hydrogens is 258 g/mol. The number of rotatable bonds is 4. The summed E-state index contributed by atoms with van der Waals surface area (Å²) < 4.78 is 1.30. The van der Waals surface area contributed by atoms with Crippen molar-refractivity contribution in [2.24, 2.45) is 0 Å². The number of hydrogen-bond acceptors (Lipinski definition) is 4. The molecule has 0 atom stereocenters. The predicted molar refractivity (Wildman–Crippen MR) is 75.8 cm³/mol. The van der Waals surface area contributed by atoms with Crippen LogP contribution in [0.5, 0.6) is 0 Å². The summed E-state index contributed by atoms with van der Waals surface area (Å²) in [6.07, 6.45) is 0. The monoisotopic (exact) mass is 275 g/mol. The van der Waals surface area contributed by atoms with Crippen molar-refractivity contribution in [2.45, 2.75) is 19.9 Å². The molecule has 2 aromatic rings. The quantitative estimate of drug-likeness (QED) is 0.860. The lowest BCUT2D eigenvalue weighted by atomic mass is 10.1. The van der Waals surface area contributed by atoms with Crippen LogP contribution >= 0.6 is 0 Å². The third-order valence-corrected chi connectivity index (χ3v) is 2.93. The Kier molecular flexibility index (Phi) is 4.14. The zero-order chi connectivity index (χ0) is 14.7. The van der Waals surface area contributed by atoms with E-state index in [9.17, 15) is 9.59 Å². The summed E-state index contributed by atoms with van der Waals surface area (Å²) in [7, 11) is 0. The average Bonchev–Trinajstić information content (AvgIpc) is 2.45. The van der Waals surface area contributed by atoms with Gasteiger partial charge in [0.2, 0.25) is 0 Å². The van der Waals surface area contributed by atoms with Crippen molar-refractivity contribution in [1.29, 1.82) is 0 Å². The molecule has 0 bridgehead atoms. The highest BCUT2D eigenvalue weighted by atomic mass is 16.3. The van der Waals surface area contributed by atoms with Gasteiger partial charge in [0.1, 0.15) is 0 Å². The Morgan fingerprint density at radius 1 is 1.35 bits per heavy atom. The Hall–Kier alpha value is -2.21. The van der Waals surface area contributed by atoms with Crippen LogP contribution in [0.25, 0.3) is 10.8 Å². The van der Waals surface area contributed by atoms with Gasteiger partial charge in [0.05, 0.1) is 18.0 Å². The lowest BCUT2D eigenvalue weighted by molar-refractivity contribution is 0.0939. The van der Waals surface area contributed by atoms with Crippen LogP contribution in [0, 0.1) is 0 Å². The van der Waals surface area contributed by atoms with Crippen molar-refractivity contribution in [2.75, 3.05) is 13.2 Å². The predicted octanol–water partition coefficient (Wildman–Crippen LogP) is 0.699. The molecular formula is C14H17N3O3. The normalized spacial score (nSPS) is 11.0. The molecule has 0 saturated heterocycles. The molecule has 0 aliphatic rings. The van der Waals surface area contributed by atoms with Gasteiger partial charge >= 0.3 is 0 Å². The standard InChI is InChI=1S/C14H17N3O3/c1-9(2)17-14(20)11-6-4-3-5-10(11)12(16-17)13(19)15-7-8-18/h3-6,9,18H,7-8H2,1-2H3,(H,15,19). The lowest BCUT2D eigenvalue weighted by Crippen LogP contribution is -2.32. The van der Waals surface area contributed by atoms with Gasteiger partial charge in [0.15, 0.2) is 5.69 Å². The molecule has 1 heterocycles. The first-order valence-corrected chi connectivity index (χ1v) is 6.47. The number of amides is 1. The molecule has 6 heteroatoms. The summed E-state index contributed by atoms with van der Waals surface area (Å²) in [6.45, 7) is 3.67. The maximum Gasteiger partial charge on any atom is 0.274 e. The molecule has 0 saturated carbocycles. The fraction of sp³-hybridized carbons (Fsp3) is 0.357. The van der Waals surface area contributed by atoms with Crippen LogP contribution in [0.4, 0.5) is 0 Å². The third-order valence-electron chi connectivity index (χ3n) is 2.93. The van der Waals surface area contributed by atoms with Crippen LogP contribution < -0.4 is 10.9 Å². The molecule has 0 radical (unpaired) electrons. The number of benzene rings is 1. The number of aliphatic hydroxyl groups excluding tert-OH is 1. The van der Waals surface area contributed by atoms with E-state index in [1.807, 2.05) is 13.8 Å². The molecule has 0 aliphatic heterocycles. The second-order valence-electron chi connectivity index (χ2n) is 4.72. The Morgan fingerprint density at radius 2 is 2.00 bits per heavy atom. The minimum absolute atomic E-state index is 0.142. The van der Waals surface area contributed by atoms with E-state index in [1.54, 1.807) is 24.3 Å². The summed E-state index contributed by atoms with van der Waals surface area (Å²) in [5.74, 6) is -0.398. The average molecular weight is 275 g/mol. The van der Waals surface area contributed by atoms with Gasteiger partial charge in [-0.3, -0.25) is 9.59 Å². The summed E-state index contributed by atoms with van der Waals surface area (Å²) in [5.41, 5.74) is -0.0170. The molecule has 0 unspecified atom stereocenters. The Balaban J connectivity index is 2.66. The van der Waals surface area contributed by atoms with Gasteiger partial charge in [-0.25, -0.2) is 4.68 Å². The Morgan fingerprint density at radius 3 is 2.60 bits per heavy atom. The highest BCUT2D eigenvalue weighted by Gasteiger charge is 2.17. The number of carbonyl (C=O) groups is 1. The van der Waals surface area contributed by atoms with E-state index in [2.05, 4.69) is 10.4 Å². The number of aliphatic hydroxyl groups is 1. The van der Waals surface area contributed by atoms with Crippen molar-refractivity contribution in [3.63, 3.8) is 0 Å². The summed E-state index contributed by atoms with van der Waals surface area (Å²) >= 11 is 0. The maximum absolute atomic E-state index is 12.3. The van der Waals surface area contributed by atoms with E-state index in [1.165, 1.54) is 4.68 Å². The highest BCUT2D eigenvalue weighted by molar-refractivity contribution is 6.04. The van der Waals surface area contributed by atoms with E-state index >= 15 is 0 Å². The molecule has 1 aromatic heterocycles. The SMILES string of the molecule is CC(C)n1nc(C(=O)NCCO)c2ccccc2c1=O. The molecule has 0 fully saturated rings. The second kappa shape index (κ2) is 5.83. The first-order valence-electron chi connectivity index (χ1n) is 6.47. The fourth-order valence-corrected chi connectivity index (χ4v) is 1.98. The molecule has 106 valence electrons. The largest absolute Gasteiger partial charge is 0.395 e. The molecule has 1 aromatic carbocycles. The number of nitrogens with zero attached hydrogens (tertiary/aromatic N) is 2. The van der Waals surface area contributed by atoms with Crippen molar-refractivity contribution in [3.8, 4) is 0 Å². The van der Waals surface area contributed by atoms with Gasteiger partial charge in [-0.2, -0.15) is 5.10 Å². The minimum atomic E-state index is -0.398. The fourth-order valence-electron chi connectivity index (χ4n) is 1.98. The summed E-state index contributed by atoms with van der Waals surface area (Å²) in [6, 6.07) is 6.75. The van der Waals surface area contributed by atoms with E-state index in [0.29, 0.717) is 10.8 Å². The topological polar surface area (TPSA) is 84.2 Å². The zero-order valence-corrected chi connectivity index (χ0v) is 11.5. The van der Waals surface area contributed by atoms with Gasteiger partial charge in [-0.05, 0) is 19.9 Å². The van der Waals surface area contributed by atoms with Crippen LogP contribution in [0.2, 0.25) is 0 Å². The first kappa shape index (κ1) is 14.2. The molecule has 0 spiro atoms. The van der Waals surface area contributed by atoms with E-state index in [0.717, 1.165) is 0 Å². The van der Waals surface area contributed by atoms with Crippen molar-refractivity contribution in [1.82, 2.24) is 15.1 Å². The van der Waals surface area contributed by atoms with Gasteiger partial charge in [0, 0.05) is 11.9 Å². The number of aromatic nitrogens is 2. The molecule has 6 nitrogen and oxygen atoms in total. The molecule has 2 rings (SSSR count). The number of fused-ring (bicyclic) bond motifs is 1.